The highest BCUT2D eigenvalue weighted by Crippen LogP contribution is 2.32. The third-order valence-corrected chi connectivity index (χ3v) is 4.58. The van der Waals surface area contributed by atoms with Gasteiger partial charge in [-0.2, -0.15) is 0 Å². The molecule has 0 saturated heterocycles. The number of amides is 1. The van der Waals surface area contributed by atoms with Gasteiger partial charge in [0.25, 0.3) is 0 Å². The van der Waals surface area contributed by atoms with Crippen LogP contribution in [0, 0.1) is 12.7 Å². The number of rotatable bonds is 6. The Morgan fingerprint density at radius 1 is 1.03 bits per heavy atom. The first kappa shape index (κ1) is 23.4. The van der Waals surface area contributed by atoms with Crippen LogP contribution in [0.4, 0.5) is 9.18 Å². The molecule has 0 bridgehead atoms. The molecule has 0 unspecified atom stereocenters. The van der Waals surface area contributed by atoms with Crippen LogP contribution in [-0.4, -0.2) is 29.8 Å². The molecular weight excluding hydrogens is 385 g/mol. The average Bonchev–Trinajstić information content (AvgIpc) is 2.63. The summed E-state index contributed by atoms with van der Waals surface area (Å²) >= 11 is 0. The Labute approximate surface area is 177 Å². The number of carbonyl (C=O) groups is 2. The third-order valence-electron chi connectivity index (χ3n) is 4.58. The lowest BCUT2D eigenvalue weighted by atomic mass is 9.85. The first-order valence-corrected chi connectivity index (χ1v) is 9.99. The third kappa shape index (κ3) is 6.58. The van der Waals surface area contributed by atoms with Gasteiger partial charge in [0, 0.05) is 5.92 Å². The molecule has 0 spiro atoms. The zero-order chi connectivity index (χ0) is 22.5. The zero-order valence-electron chi connectivity index (χ0n) is 18.4. The molecule has 3 atom stereocenters. The Kier molecular flexibility index (Phi) is 7.59. The molecule has 1 N–H and O–H groups in total. The standard InChI is InChI=1S/C24H30FNO4/c1-15-14-19(25)12-13-20(15)21(18-10-8-7-9-11-18)17(3)29-22(27)16(2)26-23(28)30-24(4,5)6/h7-14,16-17,21H,1-6H3,(H,26,28)/t16-,17-,21-/m0/s1. The molecule has 2 aromatic carbocycles. The largest absolute Gasteiger partial charge is 0.460 e. The number of aryl methyl sites for hydroxylation is 1. The molecule has 2 aromatic rings. The van der Waals surface area contributed by atoms with E-state index in [2.05, 4.69) is 5.32 Å². The molecule has 0 aliphatic heterocycles. The first-order chi connectivity index (χ1) is 14.0. The Balaban J connectivity index is 2.19. The molecule has 162 valence electrons. The topological polar surface area (TPSA) is 64.6 Å². The molecule has 30 heavy (non-hydrogen) atoms. The summed E-state index contributed by atoms with van der Waals surface area (Å²) in [7, 11) is 0. The van der Waals surface area contributed by atoms with Gasteiger partial charge in [0.15, 0.2) is 0 Å². The summed E-state index contributed by atoms with van der Waals surface area (Å²) in [5, 5.41) is 2.49. The maximum atomic E-state index is 13.6. The van der Waals surface area contributed by atoms with Crippen molar-refractivity contribution >= 4 is 12.1 Å². The van der Waals surface area contributed by atoms with Crippen molar-refractivity contribution in [3.05, 3.63) is 71.0 Å². The number of alkyl carbamates (subject to hydrolysis) is 1. The summed E-state index contributed by atoms with van der Waals surface area (Å²) in [5.41, 5.74) is 1.92. The number of carbonyl (C=O) groups excluding carboxylic acids is 2. The summed E-state index contributed by atoms with van der Waals surface area (Å²) < 4.78 is 24.5. The van der Waals surface area contributed by atoms with E-state index < -0.39 is 29.8 Å². The van der Waals surface area contributed by atoms with Crippen molar-refractivity contribution in [1.82, 2.24) is 5.32 Å². The van der Waals surface area contributed by atoms with Gasteiger partial charge in [-0.3, -0.25) is 0 Å². The first-order valence-electron chi connectivity index (χ1n) is 9.99. The van der Waals surface area contributed by atoms with Gasteiger partial charge in [0.1, 0.15) is 23.6 Å². The minimum atomic E-state index is -0.881. The number of esters is 1. The van der Waals surface area contributed by atoms with Crippen LogP contribution < -0.4 is 5.32 Å². The van der Waals surface area contributed by atoms with E-state index in [4.69, 9.17) is 9.47 Å². The quantitative estimate of drug-likeness (QED) is 0.666. The predicted molar refractivity (Wildman–Crippen MR) is 114 cm³/mol. The Hall–Kier alpha value is -2.89. The molecule has 2 rings (SSSR count). The molecule has 0 radical (unpaired) electrons. The van der Waals surface area contributed by atoms with Gasteiger partial charge in [-0.25, -0.2) is 14.0 Å². The van der Waals surface area contributed by atoms with Crippen molar-refractivity contribution in [2.75, 3.05) is 0 Å². The molecular formula is C24H30FNO4. The Bertz CT molecular complexity index is 877. The van der Waals surface area contributed by atoms with E-state index in [0.717, 1.165) is 16.7 Å². The lowest BCUT2D eigenvalue weighted by molar-refractivity contribution is -0.150. The average molecular weight is 416 g/mol. The van der Waals surface area contributed by atoms with Gasteiger partial charge in [-0.1, -0.05) is 36.4 Å². The molecule has 0 aliphatic carbocycles. The summed E-state index contributed by atoms with van der Waals surface area (Å²) in [4.78, 5) is 24.5. The van der Waals surface area contributed by atoms with Gasteiger partial charge >= 0.3 is 12.1 Å². The Morgan fingerprint density at radius 3 is 2.23 bits per heavy atom. The molecule has 0 fully saturated rings. The van der Waals surface area contributed by atoms with Gasteiger partial charge < -0.3 is 14.8 Å². The normalized spacial score (nSPS) is 14.4. The van der Waals surface area contributed by atoms with Crippen LogP contribution >= 0.6 is 0 Å². The number of hydrogen-bond donors (Lipinski definition) is 1. The van der Waals surface area contributed by atoms with Crippen LogP contribution in [0.3, 0.4) is 0 Å². The van der Waals surface area contributed by atoms with E-state index in [1.807, 2.05) is 37.3 Å². The van der Waals surface area contributed by atoms with Crippen molar-refractivity contribution in [3.8, 4) is 0 Å². The minimum Gasteiger partial charge on any atom is -0.460 e. The summed E-state index contributed by atoms with van der Waals surface area (Å²) in [6.45, 7) is 10.4. The molecule has 5 nitrogen and oxygen atoms in total. The molecule has 1 amide bonds. The SMILES string of the molecule is Cc1cc(F)ccc1[C@H](c1ccccc1)[C@H](C)OC(=O)[C@H](C)NC(=O)OC(C)(C)C. The second-order valence-corrected chi connectivity index (χ2v) is 8.40. The lowest BCUT2D eigenvalue weighted by Crippen LogP contribution is -2.43. The number of halogens is 1. The predicted octanol–water partition coefficient (Wildman–Crippen LogP) is 5.11. The molecule has 0 heterocycles. The molecule has 0 saturated carbocycles. The van der Waals surface area contributed by atoms with E-state index in [0.29, 0.717) is 0 Å². The van der Waals surface area contributed by atoms with Crippen LogP contribution in [0.5, 0.6) is 0 Å². The fourth-order valence-corrected chi connectivity index (χ4v) is 3.25. The van der Waals surface area contributed by atoms with Crippen molar-refractivity contribution in [3.63, 3.8) is 0 Å². The number of nitrogens with one attached hydrogen (secondary N) is 1. The van der Waals surface area contributed by atoms with Gasteiger partial charge in [-0.05, 0) is 70.4 Å². The van der Waals surface area contributed by atoms with Crippen molar-refractivity contribution < 1.29 is 23.5 Å². The van der Waals surface area contributed by atoms with E-state index in [9.17, 15) is 14.0 Å². The monoisotopic (exact) mass is 415 g/mol. The summed E-state index contributed by atoms with van der Waals surface area (Å²) in [6, 6.07) is 13.3. The van der Waals surface area contributed by atoms with E-state index in [-0.39, 0.29) is 11.7 Å². The maximum Gasteiger partial charge on any atom is 0.408 e. The van der Waals surface area contributed by atoms with Crippen molar-refractivity contribution in [2.45, 2.75) is 65.2 Å². The van der Waals surface area contributed by atoms with Gasteiger partial charge in [0.2, 0.25) is 0 Å². The van der Waals surface area contributed by atoms with Crippen molar-refractivity contribution in [2.24, 2.45) is 0 Å². The minimum absolute atomic E-state index is 0.288. The van der Waals surface area contributed by atoms with E-state index >= 15 is 0 Å². The van der Waals surface area contributed by atoms with Gasteiger partial charge in [0.05, 0.1) is 0 Å². The second kappa shape index (κ2) is 9.74. The van der Waals surface area contributed by atoms with E-state index in [1.165, 1.54) is 12.1 Å². The number of benzene rings is 2. The van der Waals surface area contributed by atoms with Crippen LogP contribution in [0.1, 0.15) is 57.2 Å². The van der Waals surface area contributed by atoms with Gasteiger partial charge in [-0.15, -0.1) is 0 Å². The fourth-order valence-electron chi connectivity index (χ4n) is 3.25. The molecule has 0 aromatic heterocycles. The number of ether oxygens (including phenoxy) is 2. The van der Waals surface area contributed by atoms with E-state index in [1.54, 1.807) is 40.7 Å². The van der Waals surface area contributed by atoms with Crippen LogP contribution in [0.15, 0.2) is 48.5 Å². The summed E-state index contributed by atoms with van der Waals surface area (Å²) in [5.74, 6) is -1.18. The zero-order valence-corrected chi connectivity index (χ0v) is 18.4. The Morgan fingerprint density at radius 2 is 1.67 bits per heavy atom. The van der Waals surface area contributed by atoms with Crippen molar-refractivity contribution in [1.29, 1.82) is 0 Å². The highest BCUT2D eigenvalue weighted by atomic mass is 19.1. The fraction of sp³-hybridized carbons (Fsp3) is 0.417. The molecule has 6 heteroatoms. The van der Waals surface area contributed by atoms with Crippen LogP contribution in [-0.2, 0) is 14.3 Å². The highest BCUT2D eigenvalue weighted by Gasteiger charge is 2.29. The highest BCUT2D eigenvalue weighted by molar-refractivity contribution is 5.81. The maximum absolute atomic E-state index is 13.6. The lowest BCUT2D eigenvalue weighted by Gasteiger charge is -2.28. The second-order valence-electron chi connectivity index (χ2n) is 8.40. The molecule has 0 aliphatic rings. The van der Waals surface area contributed by atoms with Crippen LogP contribution in [0.2, 0.25) is 0 Å². The number of hydrogen-bond acceptors (Lipinski definition) is 4. The summed E-state index contributed by atoms with van der Waals surface area (Å²) in [6.07, 6.45) is -1.24. The van der Waals surface area contributed by atoms with Crippen LogP contribution in [0.25, 0.3) is 0 Å². The smallest absolute Gasteiger partial charge is 0.408 e.